The van der Waals surface area contributed by atoms with Crippen molar-refractivity contribution in [1.29, 1.82) is 0 Å². The third kappa shape index (κ3) is 4.41. The van der Waals surface area contributed by atoms with Gasteiger partial charge in [0.05, 0.1) is 11.5 Å². The van der Waals surface area contributed by atoms with Crippen LogP contribution in [-0.2, 0) is 19.4 Å². The Bertz CT molecular complexity index is 736. The van der Waals surface area contributed by atoms with Gasteiger partial charge in [0.15, 0.2) is 21.7 Å². The SMILES string of the molecule is CC(=O)c1c[nH]c(C(=O)O[C@@H](C)C(=O)N[C@H]2CCS(=O)(=O)C2)c1. The van der Waals surface area contributed by atoms with Crippen LogP contribution in [0.15, 0.2) is 12.3 Å². The van der Waals surface area contributed by atoms with Gasteiger partial charge in [-0.05, 0) is 26.3 Å². The molecule has 126 valence electrons. The van der Waals surface area contributed by atoms with E-state index < -0.39 is 33.9 Å². The molecule has 2 atom stereocenters. The van der Waals surface area contributed by atoms with Gasteiger partial charge in [-0.25, -0.2) is 13.2 Å². The molecular weight excluding hydrogens is 324 g/mol. The molecule has 0 saturated carbocycles. The van der Waals surface area contributed by atoms with Crippen molar-refractivity contribution in [3.05, 3.63) is 23.5 Å². The van der Waals surface area contributed by atoms with Crippen molar-refractivity contribution in [2.75, 3.05) is 11.5 Å². The number of carbonyl (C=O) groups is 3. The third-order valence-electron chi connectivity index (χ3n) is 3.54. The molecule has 1 aliphatic heterocycles. The van der Waals surface area contributed by atoms with E-state index in [1.54, 1.807) is 0 Å². The first-order valence-corrected chi connectivity index (χ1v) is 8.91. The minimum Gasteiger partial charge on any atom is -0.448 e. The Morgan fingerprint density at radius 3 is 2.61 bits per heavy atom. The molecule has 1 aromatic heterocycles. The van der Waals surface area contributed by atoms with E-state index in [-0.39, 0.29) is 23.0 Å². The van der Waals surface area contributed by atoms with E-state index in [1.165, 1.54) is 26.1 Å². The quantitative estimate of drug-likeness (QED) is 0.576. The summed E-state index contributed by atoms with van der Waals surface area (Å²) in [4.78, 5) is 37.6. The van der Waals surface area contributed by atoms with Gasteiger partial charge in [0, 0.05) is 17.8 Å². The summed E-state index contributed by atoms with van der Waals surface area (Å²) in [5.41, 5.74) is 0.406. The molecule has 8 nitrogen and oxygen atoms in total. The van der Waals surface area contributed by atoms with E-state index in [0.717, 1.165) is 0 Å². The van der Waals surface area contributed by atoms with Crippen molar-refractivity contribution < 1.29 is 27.5 Å². The molecule has 0 spiro atoms. The van der Waals surface area contributed by atoms with Gasteiger partial charge < -0.3 is 15.0 Å². The number of rotatable bonds is 5. The van der Waals surface area contributed by atoms with Crippen LogP contribution in [0.5, 0.6) is 0 Å². The molecule has 0 aromatic carbocycles. The number of sulfone groups is 1. The number of H-pyrrole nitrogens is 1. The number of aromatic amines is 1. The first-order chi connectivity index (χ1) is 10.7. The van der Waals surface area contributed by atoms with E-state index in [0.29, 0.717) is 12.0 Å². The molecule has 9 heteroatoms. The van der Waals surface area contributed by atoms with Gasteiger partial charge in [0.25, 0.3) is 5.91 Å². The molecule has 1 amide bonds. The molecule has 0 unspecified atom stereocenters. The van der Waals surface area contributed by atoms with Crippen LogP contribution in [0, 0.1) is 0 Å². The normalized spacial score (nSPS) is 20.7. The molecular formula is C14H18N2O6S. The van der Waals surface area contributed by atoms with Gasteiger partial charge in [0.1, 0.15) is 5.69 Å². The summed E-state index contributed by atoms with van der Waals surface area (Å²) in [5.74, 6) is -1.58. The number of esters is 1. The van der Waals surface area contributed by atoms with Crippen LogP contribution in [-0.4, -0.2) is 54.7 Å². The predicted octanol–water partition coefficient (Wildman–Crippen LogP) is 0.0659. The Hall–Kier alpha value is -2.16. The molecule has 23 heavy (non-hydrogen) atoms. The van der Waals surface area contributed by atoms with E-state index in [1.807, 2.05) is 0 Å². The molecule has 0 bridgehead atoms. The number of aromatic nitrogens is 1. The number of ketones is 1. The van der Waals surface area contributed by atoms with Crippen molar-refractivity contribution in [3.63, 3.8) is 0 Å². The standard InChI is InChI=1S/C14H18N2O6S/c1-8(17)10-5-12(15-6-10)14(19)22-9(2)13(18)16-11-3-4-23(20,21)7-11/h5-6,9,11,15H,3-4,7H2,1-2H3,(H,16,18)/t9-,11-/m0/s1. The summed E-state index contributed by atoms with van der Waals surface area (Å²) in [6.07, 6.45) is 0.662. The second kappa shape index (κ2) is 6.53. The molecule has 2 rings (SSSR count). The minimum atomic E-state index is -3.10. The van der Waals surface area contributed by atoms with Crippen molar-refractivity contribution in [2.24, 2.45) is 0 Å². The molecule has 1 fully saturated rings. The lowest BCUT2D eigenvalue weighted by molar-refractivity contribution is -0.129. The number of Topliss-reactive ketones (excluding diaryl/α,β-unsaturated/α-hetero) is 1. The second-order valence-corrected chi connectivity index (χ2v) is 7.74. The summed E-state index contributed by atoms with van der Waals surface area (Å²) < 4.78 is 27.7. The van der Waals surface area contributed by atoms with Crippen LogP contribution >= 0.6 is 0 Å². The Morgan fingerprint density at radius 2 is 2.09 bits per heavy atom. The zero-order chi connectivity index (χ0) is 17.2. The number of hydrogen-bond donors (Lipinski definition) is 2. The average molecular weight is 342 g/mol. The fourth-order valence-corrected chi connectivity index (χ4v) is 3.89. The summed E-state index contributed by atoms with van der Waals surface area (Å²) in [5, 5.41) is 2.55. The Morgan fingerprint density at radius 1 is 1.39 bits per heavy atom. The zero-order valence-electron chi connectivity index (χ0n) is 12.8. The van der Waals surface area contributed by atoms with E-state index in [9.17, 15) is 22.8 Å². The number of ether oxygens (including phenoxy) is 1. The summed E-state index contributed by atoms with van der Waals surface area (Å²) in [6, 6.07) is 0.891. The highest BCUT2D eigenvalue weighted by molar-refractivity contribution is 7.91. The molecule has 0 radical (unpaired) electrons. The lowest BCUT2D eigenvalue weighted by Gasteiger charge is -2.16. The Kier molecular flexibility index (Phi) is 4.88. The van der Waals surface area contributed by atoms with Gasteiger partial charge in [-0.2, -0.15) is 0 Å². The number of carbonyl (C=O) groups excluding carboxylic acids is 3. The molecule has 2 heterocycles. The second-order valence-electron chi connectivity index (χ2n) is 5.51. The maximum atomic E-state index is 11.9. The van der Waals surface area contributed by atoms with Gasteiger partial charge in [-0.3, -0.25) is 9.59 Å². The summed E-state index contributed by atoms with van der Waals surface area (Å²) >= 11 is 0. The highest BCUT2D eigenvalue weighted by Gasteiger charge is 2.30. The van der Waals surface area contributed by atoms with E-state index in [2.05, 4.69) is 10.3 Å². The lowest BCUT2D eigenvalue weighted by atomic mass is 10.2. The highest BCUT2D eigenvalue weighted by atomic mass is 32.2. The first-order valence-electron chi connectivity index (χ1n) is 7.09. The fourth-order valence-electron chi connectivity index (χ4n) is 2.22. The molecule has 0 aliphatic carbocycles. The van der Waals surface area contributed by atoms with E-state index in [4.69, 9.17) is 4.74 Å². The molecule has 1 saturated heterocycles. The summed E-state index contributed by atoms with van der Waals surface area (Å²) in [7, 11) is -3.10. The summed E-state index contributed by atoms with van der Waals surface area (Å²) in [6.45, 7) is 2.76. The van der Waals surface area contributed by atoms with Crippen molar-refractivity contribution in [2.45, 2.75) is 32.4 Å². The van der Waals surface area contributed by atoms with Gasteiger partial charge in [-0.15, -0.1) is 0 Å². The largest absolute Gasteiger partial charge is 0.448 e. The average Bonchev–Trinajstić information content (AvgIpc) is 3.05. The van der Waals surface area contributed by atoms with Crippen LogP contribution in [0.2, 0.25) is 0 Å². The molecule has 1 aliphatic rings. The highest BCUT2D eigenvalue weighted by Crippen LogP contribution is 2.12. The predicted molar refractivity (Wildman–Crippen MR) is 80.9 cm³/mol. The van der Waals surface area contributed by atoms with Crippen molar-refractivity contribution >= 4 is 27.5 Å². The van der Waals surface area contributed by atoms with Crippen molar-refractivity contribution in [1.82, 2.24) is 10.3 Å². The fraction of sp³-hybridized carbons (Fsp3) is 0.500. The maximum absolute atomic E-state index is 11.9. The zero-order valence-corrected chi connectivity index (χ0v) is 13.6. The minimum absolute atomic E-state index is 0.0441. The Labute approximate surface area is 133 Å². The van der Waals surface area contributed by atoms with E-state index >= 15 is 0 Å². The van der Waals surface area contributed by atoms with Crippen LogP contribution < -0.4 is 5.32 Å². The first kappa shape index (κ1) is 17.2. The Balaban J connectivity index is 1.90. The molecule has 1 aromatic rings. The molecule has 2 N–H and O–H groups in total. The lowest BCUT2D eigenvalue weighted by Crippen LogP contribution is -2.42. The topological polar surface area (TPSA) is 122 Å². The van der Waals surface area contributed by atoms with Crippen molar-refractivity contribution in [3.8, 4) is 0 Å². The smallest absolute Gasteiger partial charge is 0.355 e. The maximum Gasteiger partial charge on any atom is 0.355 e. The van der Waals surface area contributed by atoms with Gasteiger partial charge >= 0.3 is 5.97 Å². The number of amides is 1. The number of nitrogens with one attached hydrogen (secondary N) is 2. The van der Waals surface area contributed by atoms with Crippen LogP contribution in [0.1, 0.15) is 41.1 Å². The van der Waals surface area contributed by atoms with Crippen LogP contribution in [0.4, 0.5) is 0 Å². The number of hydrogen-bond acceptors (Lipinski definition) is 6. The van der Waals surface area contributed by atoms with Gasteiger partial charge in [-0.1, -0.05) is 0 Å². The monoisotopic (exact) mass is 342 g/mol. The van der Waals surface area contributed by atoms with Gasteiger partial charge in [0.2, 0.25) is 0 Å². The van der Waals surface area contributed by atoms with Crippen LogP contribution in [0.3, 0.4) is 0 Å². The third-order valence-corrected chi connectivity index (χ3v) is 5.31. The van der Waals surface area contributed by atoms with Crippen LogP contribution in [0.25, 0.3) is 0 Å².